The molecule has 0 saturated carbocycles. The summed E-state index contributed by atoms with van der Waals surface area (Å²) in [7, 11) is 0. The van der Waals surface area contributed by atoms with Gasteiger partial charge in [-0.25, -0.2) is 15.0 Å². The standard InChI is InChI=1S/C18H16N6/c1-11-18-14(4-7-21-18)15(10-22-11)13-3-6-20-17(9-13)24-16-5-8-19-12(2)23-16/h3-10,21H,1-2H3,(H,19,20,23,24). The van der Waals surface area contributed by atoms with Crippen molar-refractivity contribution in [1.29, 1.82) is 0 Å². The number of rotatable bonds is 3. The summed E-state index contributed by atoms with van der Waals surface area (Å²) in [6.07, 6.45) is 7.35. The van der Waals surface area contributed by atoms with Crippen molar-refractivity contribution in [2.24, 2.45) is 0 Å². The fourth-order valence-corrected chi connectivity index (χ4v) is 2.74. The average molecular weight is 316 g/mol. The third kappa shape index (κ3) is 2.58. The Hall–Kier alpha value is -3.28. The van der Waals surface area contributed by atoms with E-state index >= 15 is 0 Å². The number of hydrogen-bond donors (Lipinski definition) is 2. The summed E-state index contributed by atoms with van der Waals surface area (Å²) in [6, 6.07) is 7.87. The molecule has 0 spiro atoms. The van der Waals surface area contributed by atoms with Gasteiger partial charge < -0.3 is 10.3 Å². The topological polar surface area (TPSA) is 79.4 Å². The number of anilines is 2. The summed E-state index contributed by atoms with van der Waals surface area (Å²) < 4.78 is 0. The second kappa shape index (κ2) is 5.73. The summed E-state index contributed by atoms with van der Waals surface area (Å²) >= 11 is 0. The molecule has 0 aliphatic carbocycles. The quantitative estimate of drug-likeness (QED) is 0.601. The lowest BCUT2D eigenvalue weighted by Crippen LogP contribution is -1.98. The molecule has 4 aromatic heterocycles. The number of aromatic nitrogens is 5. The highest BCUT2D eigenvalue weighted by atomic mass is 15.1. The third-order valence-corrected chi connectivity index (χ3v) is 3.89. The highest BCUT2D eigenvalue weighted by Crippen LogP contribution is 2.30. The Morgan fingerprint density at radius 2 is 1.83 bits per heavy atom. The highest BCUT2D eigenvalue weighted by molar-refractivity contribution is 5.95. The minimum absolute atomic E-state index is 0.716. The van der Waals surface area contributed by atoms with Gasteiger partial charge in [-0.2, -0.15) is 0 Å². The van der Waals surface area contributed by atoms with Crippen LogP contribution in [0.1, 0.15) is 11.5 Å². The first-order valence-electron chi connectivity index (χ1n) is 7.66. The zero-order valence-corrected chi connectivity index (χ0v) is 13.4. The van der Waals surface area contributed by atoms with E-state index in [0.717, 1.165) is 39.4 Å². The van der Waals surface area contributed by atoms with Gasteiger partial charge in [-0.15, -0.1) is 0 Å². The average Bonchev–Trinajstić information content (AvgIpc) is 3.06. The van der Waals surface area contributed by atoms with Crippen LogP contribution in [-0.2, 0) is 0 Å². The number of pyridine rings is 2. The van der Waals surface area contributed by atoms with Crippen LogP contribution in [-0.4, -0.2) is 24.9 Å². The Bertz CT molecular complexity index is 1020. The van der Waals surface area contributed by atoms with Gasteiger partial charge in [0, 0.05) is 35.7 Å². The van der Waals surface area contributed by atoms with Crippen molar-refractivity contribution >= 4 is 22.5 Å². The van der Waals surface area contributed by atoms with Crippen molar-refractivity contribution in [3.63, 3.8) is 0 Å². The predicted molar refractivity (Wildman–Crippen MR) is 94.1 cm³/mol. The van der Waals surface area contributed by atoms with Crippen molar-refractivity contribution in [1.82, 2.24) is 24.9 Å². The van der Waals surface area contributed by atoms with E-state index < -0.39 is 0 Å². The van der Waals surface area contributed by atoms with Crippen molar-refractivity contribution in [2.75, 3.05) is 5.32 Å². The van der Waals surface area contributed by atoms with E-state index in [1.54, 1.807) is 12.4 Å². The monoisotopic (exact) mass is 316 g/mol. The summed E-state index contributed by atoms with van der Waals surface area (Å²) in [5.41, 5.74) is 4.17. The van der Waals surface area contributed by atoms with Crippen molar-refractivity contribution in [2.45, 2.75) is 13.8 Å². The van der Waals surface area contributed by atoms with Crippen molar-refractivity contribution in [3.8, 4) is 11.1 Å². The predicted octanol–water partition coefficient (Wildman–Crippen LogP) is 3.78. The number of nitrogens with zero attached hydrogens (tertiary/aromatic N) is 4. The Morgan fingerprint density at radius 3 is 2.71 bits per heavy atom. The maximum absolute atomic E-state index is 4.49. The zero-order valence-electron chi connectivity index (χ0n) is 13.4. The molecule has 0 amide bonds. The van der Waals surface area contributed by atoms with Gasteiger partial charge in [0.05, 0.1) is 11.2 Å². The molecule has 4 aromatic rings. The third-order valence-electron chi connectivity index (χ3n) is 3.89. The van der Waals surface area contributed by atoms with E-state index in [-0.39, 0.29) is 0 Å². The summed E-state index contributed by atoms with van der Waals surface area (Å²) in [5.74, 6) is 2.17. The Kier molecular flexibility index (Phi) is 3.42. The van der Waals surface area contributed by atoms with Gasteiger partial charge in [0.25, 0.3) is 0 Å². The summed E-state index contributed by atoms with van der Waals surface area (Å²) in [6.45, 7) is 3.86. The molecule has 0 unspecified atom stereocenters. The molecule has 0 aromatic carbocycles. The molecule has 2 N–H and O–H groups in total. The minimum Gasteiger partial charge on any atom is -0.360 e. The van der Waals surface area contributed by atoms with Gasteiger partial charge in [-0.3, -0.25) is 4.98 Å². The molecule has 0 aliphatic rings. The van der Waals surface area contributed by atoms with Crippen LogP contribution in [0.25, 0.3) is 22.0 Å². The van der Waals surface area contributed by atoms with Crippen LogP contribution in [0.15, 0.2) is 49.1 Å². The fourth-order valence-electron chi connectivity index (χ4n) is 2.74. The van der Waals surface area contributed by atoms with Crippen molar-refractivity contribution < 1.29 is 0 Å². The van der Waals surface area contributed by atoms with Crippen LogP contribution < -0.4 is 5.32 Å². The Morgan fingerprint density at radius 1 is 0.958 bits per heavy atom. The Labute approximate surface area is 139 Å². The summed E-state index contributed by atoms with van der Waals surface area (Å²) in [5, 5.41) is 4.37. The molecule has 0 fully saturated rings. The van der Waals surface area contributed by atoms with Crippen LogP contribution in [0.4, 0.5) is 11.6 Å². The van der Waals surface area contributed by atoms with Gasteiger partial charge in [-0.05, 0) is 43.7 Å². The number of aryl methyl sites for hydroxylation is 2. The molecular formula is C18H16N6. The van der Waals surface area contributed by atoms with Gasteiger partial charge in [-0.1, -0.05) is 0 Å². The first-order valence-corrected chi connectivity index (χ1v) is 7.66. The lowest BCUT2D eigenvalue weighted by molar-refractivity contribution is 1.05. The van der Waals surface area contributed by atoms with E-state index in [9.17, 15) is 0 Å². The van der Waals surface area contributed by atoms with Crippen LogP contribution in [0.3, 0.4) is 0 Å². The van der Waals surface area contributed by atoms with E-state index in [0.29, 0.717) is 5.82 Å². The molecular weight excluding hydrogens is 300 g/mol. The van der Waals surface area contributed by atoms with Gasteiger partial charge >= 0.3 is 0 Å². The van der Waals surface area contributed by atoms with E-state index in [4.69, 9.17) is 0 Å². The highest BCUT2D eigenvalue weighted by Gasteiger charge is 2.09. The van der Waals surface area contributed by atoms with E-state index in [1.807, 2.05) is 44.4 Å². The molecule has 0 radical (unpaired) electrons. The first-order chi connectivity index (χ1) is 11.7. The first kappa shape index (κ1) is 14.3. The minimum atomic E-state index is 0.716. The maximum atomic E-state index is 4.49. The molecule has 24 heavy (non-hydrogen) atoms. The number of H-pyrrole nitrogens is 1. The lowest BCUT2D eigenvalue weighted by Gasteiger charge is -2.09. The molecule has 4 rings (SSSR count). The second-order valence-corrected chi connectivity index (χ2v) is 5.57. The molecule has 6 heteroatoms. The SMILES string of the molecule is Cc1nccc(Nc2cc(-c3cnc(C)c4[nH]ccc34)ccn2)n1. The zero-order chi connectivity index (χ0) is 16.5. The molecule has 6 nitrogen and oxygen atoms in total. The smallest absolute Gasteiger partial charge is 0.135 e. The molecule has 0 atom stereocenters. The number of aromatic amines is 1. The number of nitrogens with one attached hydrogen (secondary N) is 2. The maximum Gasteiger partial charge on any atom is 0.135 e. The fraction of sp³-hybridized carbons (Fsp3) is 0.111. The number of hydrogen-bond acceptors (Lipinski definition) is 5. The molecule has 118 valence electrons. The van der Waals surface area contributed by atoms with Crippen LogP contribution >= 0.6 is 0 Å². The Balaban J connectivity index is 1.74. The summed E-state index contributed by atoms with van der Waals surface area (Å²) in [4.78, 5) is 20.6. The van der Waals surface area contributed by atoms with Gasteiger partial charge in [0.15, 0.2) is 0 Å². The number of fused-ring (bicyclic) bond motifs is 1. The van der Waals surface area contributed by atoms with Gasteiger partial charge in [0.1, 0.15) is 17.5 Å². The van der Waals surface area contributed by atoms with Crippen molar-refractivity contribution in [3.05, 3.63) is 60.6 Å². The lowest BCUT2D eigenvalue weighted by atomic mass is 10.0. The van der Waals surface area contributed by atoms with Crippen LogP contribution in [0.2, 0.25) is 0 Å². The van der Waals surface area contributed by atoms with Crippen LogP contribution in [0, 0.1) is 13.8 Å². The largest absolute Gasteiger partial charge is 0.360 e. The molecule has 4 heterocycles. The normalized spacial score (nSPS) is 10.9. The van der Waals surface area contributed by atoms with Crippen LogP contribution in [0.5, 0.6) is 0 Å². The molecule has 0 bridgehead atoms. The molecule has 0 saturated heterocycles. The van der Waals surface area contributed by atoms with Gasteiger partial charge in [0.2, 0.25) is 0 Å². The van der Waals surface area contributed by atoms with E-state index in [1.165, 1.54) is 0 Å². The molecule has 0 aliphatic heterocycles. The van der Waals surface area contributed by atoms with E-state index in [2.05, 4.69) is 36.3 Å². The second-order valence-electron chi connectivity index (χ2n) is 5.57.